The van der Waals surface area contributed by atoms with Gasteiger partial charge in [-0.25, -0.2) is 9.78 Å². The molecule has 0 radical (unpaired) electrons. The molecule has 0 bridgehead atoms. The minimum atomic E-state index is -0.328. The highest BCUT2D eigenvalue weighted by molar-refractivity contribution is 7.15. The number of ether oxygens (including phenoxy) is 1. The lowest BCUT2D eigenvalue weighted by atomic mass is 10.1. The van der Waals surface area contributed by atoms with Gasteiger partial charge >= 0.3 is 5.97 Å². The molecule has 0 unspecified atom stereocenters. The van der Waals surface area contributed by atoms with E-state index >= 15 is 0 Å². The van der Waals surface area contributed by atoms with Crippen molar-refractivity contribution in [3.05, 3.63) is 47.5 Å². The number of benzene rings is 1. The summed E-state index contributed by atoms with van der Waals surface area (Å²) in [4.78, 5) is 17.6. The fourth-order valence-corrected chi connectivity index (χ4v) is 3.58. The Labute approximate surface area is 161 Å². The zero-order valence-electron chi connectivity index (χ0n) is 15.9. The van der Waals surface area contributed by atoms with Gasteiger partial charge in [-0.15, -0.1) is 11.3 Å². The van der Waals surface area contributed by atoms with Crippen LogP contribution in [0.2, 0.25) is 0 Å². The summed E-state index contributed by atoms with van der Waals surface area (Å²) < 4.78 is 5.30. The van der Waals surface area contributed by atoms with Crippen LogP contribution in [0.3, 0.4) is 0 Å². The Morgan fingerprint density at radius 3 is 2.58 bits per heavy atom. The quantitative estimate of drug-likeness (QED) is 0.194. The Morgan fingerprint density at radius 2 is 1.85 bits per heavy atom. The van der Waals surface area contributed by atoms with Gasteiger partial charge in [-0.05, 0) is 43.5 Å². The van der Waals surface area contributed by atoms with E-state index < -0.39 is 0 Å². The Morgan fingerprint density at radius 1 is 1.08 bits per heavy atom. The van der Waals surface area contributed by atoms with E-state index in [1.807, 2.05) is 36.5 Å². The van der Waals surface area contributed by atoms with E-state index in [0.29, 0.717) is 5.75 Å². The number of esters is 1. The summed E-state index contributed by atoms with van der Waals surface area (Å²) in [5, 5.41) is 1.02. The highest BCUT2D eigenvalue weighted by Gasteiger charge is 2.06. The first-order valence-electron chi connectivity index (χ1n) is 9.66. The lowest BCUT2D eigenvalue weighted by Crippen LogP contribution is -2.03. The van der Waals surface area contributed by atoms with Crippen molar-refractivity contribution in [3.8, 4) is 16.3 Å². The molecule has 0 saturated carbocycles. The molecule has 1 aromatic heterocycles. The van der Waals surface area contributed by atoms with Crippen LogP contribution in [0.5, 0.6) is 5.75 Å². The molecule has 0 fully saturated rings. The topological polar surface area (TPSA) is 39.2 Å². The van der Waals surface area contributed by atoms with Crippen LogP contribution in [0, 0.1) is 0 Å². The van der Waals surface area contributed by atoms with E-state index in [4.69, 9.17) is 4.74 Å². The summed E-state index contributed by atoms with van der Waals surface area (Å²) in [6.45, 7) is 4.32. The second-order valence-corrected chi connectivity index (χ2v) is 7.55. The van der Waals surface area contributed by atoms with Gasteiger partial charge in [-0.1, -0.05) is 52.0 Å². The number of aryl methyl sites for hydroxylation is 1. The van der Waals surface area contributed by atoms with E-state index in [1.165, 1.54) is 43.1 Å². The summed E-state index contributed by atoms with van der Waals surface area (Å²) >= 11 is 1.75. The van der Waals surface area contributed by atoms with Crippen molar-refractivity contribution in [3.63, 3.8) is 0 Å². The minimum absolute atomic E-state index is 0.328. The normalized spacial score (nSPS) is 11.2. The zero-order chi connectivity index (χ0) is 18.6. The second-order valence-electron chi connectivity index (χ2n) is 6.43. The molecule has 1 heterocycles. The SMILES string of the molecule is CCC/C=C/C(=O)Oc1ccc(-c2ncc(CCCCCCC)s2)cc1. The van der Waals surface area contributed by atoms with Crippen molar-refractivity contribution < 1.29 is 9.53 Å². The molecule has 2 aromatic rings. The van der Waals surface area contributed by atoms with Gasteiger partial charge in [0, 0.05) is 22.7 Å². The molecule has 0 aliphatic heterocycles. The van der Waals surface area contributed by atoms with Gasteiger partial charge in [0.05, 0.1) is 0 Å². The van der Waals surface area contributed by atoms with Crippen LogP contribution < -0.4 is 4.74 Å². The van der Waals surface area contributed by atoms with Gasteiger partial charge in [-0.2, -0.15) is 0 Å². The van der Waals surface area contributed by atoms with Crippen LogP contribution in [0.4, 0.5) is 0 Å². The van der Waals surface area contributed by atoms with Crippen LogP contribution in [0.15, 0.2) is 42.6 Å². The molecule has 0 atom stereocenters. The van der Waals surface area contributed by atoms with Gasteiger partial charge in [0.15, 0.2) is 0 Å². The fraction of sp³-hybridized carbons (Fsp3) is 0.455. The number of carbonyl (C=O) groups excluding carboxylic acids is 1. The first-order chi connectivity index (χ1) is 12.7. The number of thiazole rings is 1. The van der Waals surface area contributed by atoms with Crippen LogP contribution in [0.1, 0.15) is 63.7 Å². The first-order valence-corrected chi connectivity index (χ1v) is 10.5. The molecule has 0 N–H and O–H groups in total. The van der Waals surface area contributed by atoms with Crippen LogP contribution in [0.25, 0.3) is 10.6 Å². The Balaban J connectivity index is 1.85. The van der Waals surface area contributed by atoms with Crippen LogP contribution in [-0.2, 0) is 11.2 Å². The van der Waals surface area contributed by atoms with Gasteiger partial charge in [-0.3, -0.25) is 0 Å². The third kappa shape index (κ3) is 7.12. The van der Waals surface area contributed by atoms with E-state index in [2.05, 4.69) is 18.8 Å². The number of unbranched alkanes of at least 4 members (excludes halogenated alkanes) is 5. The molecular formula is C22H29NO2S. The molecule has 0 amide bonds. The van der Waals surface area contributed by atoms with Crippen molar-refractivity contribution >= 4 is 17.3 Å². The summed E-state index contributed by atoms with van der Waals surface area (Å²) in [5.74, 6) is 0.235. The smallest absolute Gasteiger partial charge is 0.335 e. The predicted octanol–water partition coefficient (Wildman–Crippen LogP) is 6.58. The zero-order valence-corrected chi connectivity index (χ0v) is 16.7. The summed E-state index contributed by atoms with van der Waals surface area (Å²) in [5.41, 5.74) is 1.06. The second kappa shape index (κ2) is 11.6. The monoisotopic (exact) mass is 371 g/mol. The van der Waals surface area contributed by atoms with Crippen molar-refractivity contribution in [2.45, 2.75) is 65.2 Å². The van der Waals surface area contributed by atoms with Gasteiger partial charge in [0.2, 0.25) is 0 Å². The lowest BCUT2D eigenvalue weighted by molar-refractivity contribution is -0.129. The van der Waals surface area contributed by atoms with Crippen LogP contribution in [-0.4, -0.2) is 11.0 Å². The lowest BCUT2D eigenvalue weighted by Gasteiger charge is -2.02. The highest BCUT2D eigenvalue weighted by Crippen LogP contribution is 2.28. The van der Waals surface area contributed by atoms with Gasteiger partial charge in [0.25, 0.3) is 0 Å². The van der Waals surface area contributed by atoms with Crippen molar-refractivity contribution in [2.75, 3.05) is 0 Å². The number of hydrogen-bond donors (Lipinski definition) is 0. The third-order valence-corrected chi connectivity index (χ3v) is 5.22. The molecule has 26 heavy (non-hydrogen) atoms. The maximum atomic E-state index is 11.7. The van der Waals surface area contributed by atoms with Crippen molar-refractivity contribution in [1.82, 2.24) is 4.98 Å². The number of rotatable bonds is 11. The maximum Gasteiger partial charge on any atom is 0.335 e. The predicted molar refractivity (Wildman–Crippen MR) is 110 cm³/mol. The van der Waals surface area contributed by atoms with E-state index in [9.17, 15) is 4.79 Å². The largest absolute Gasteiger partial charge is 0.423 e. The Bertz CT molecular complexity index is 688. The number of aromatic nitrogens is 1. The van der Waals surface area contributed by atoms with Crippen molar-refractivity contribution in [2.24, 2.45) is 0 Å². The third-order valence-electron chi connectivity index (χ3n) is 4.11. The Hall–Kier alpha value is -1.94. The molecule has 140 valence electrons. The highest BCUT2D eigenvalue weighted by atomic mass is 32.1. The molecule has 0 aliphatic rings. The number of nitrogens with zero attached hydrogens (tertiary/aromatic N) is 1. The van der Waals surface area contributed by atoms with Crippen molar-refractivity contribution in [1.29, 1.82) is 0 Å². The summed E-state index contributed by atoms with van der Waals surface area (Å²) in [7, 11) is 0. The maximum absolute atomic E-state index is 11.7. The van der Waals surface area contributed by atoms with E-state index in [-0.39, 0.29) is 5.97 Å². The standard InChI is InChI=1S/C22H29NO2S/c1-3-5-7-8-10-11-20-17-23-22(26-20)18-13-15-19(16-14-18)25-21(24)12-9-6-4-2/h9,12-17H,3-8,10-11H2,1-2H3/b12-9+. The van der Waals surface area contributed by atoms with Crippen LogP contribution >= 0.6 is 11.3 Å². The van der Waals surface area contributed by atoms with Gasteiger partial charge in [0.1, 0.15) is 10.8 Å². The average Bonchev–Trinajstić information content (AvgIpc) is 3.11. The number of carbonyl (C=O) groups is 1. The molecule has 0 aliphatic carbocycles. The molecular weight excluding hydrogens is 342 g/mol. The van der Waals surface area contributed by atoms with E-state index in [1.54, 1.807) is 11.3 Å². The molecule has 0 saturated heterocycles. The molecule has 0 spiro atoms. The fourth-order valence-electron chi connectivity index (χ4n) is 2.62. The molecule has 3 nitrogen and oxygen atoms in total. The molecule has 2 rings (SSSR count). The number of allylic oxidation sites excluding steroid dienone is 1. The minimum Gasteiger partial charge on any atom is -0.423 e. The molecule has 4 heteroatoms. The summed E-state index contributed by atoms with van der Waals surface area (Å²) in [6.07, 6.45) is 14.8. The first kappa shape index (κ1) is 20.4. The number of hydrogen-bond acceptors (Lipinski definition) is 4. The average molecular weight is 372 g/mol. The Kier molecular flexibility index (Phi) is 9.11. The van der Waals surface area contributed by atoms with Gasteiger partial charge < -0.3 is 4.74 Å². The molecule has 1 aromatic carbocycles. The van der Waals surface area contributed by atoms with E-state index in [0.717, 1.165) is 29.8 Å². The summed E-state index contributed by atoms with van der Waals surface area (Å²) in [6, 6.07) is 7.57.